The third-order valence-electron chi connectivity index (χ3n) is 2.84. The molecule has 0 unspecified atom stereocenters. The molecule has 0 aliphatic heterocycles. The van der Waals surface area contributed by atoms with Gasteiger partial charge in [0.05, 0.1) is 0 Å². The van der Waals surface area contributed by atoms with Crippen LogP contribution >= 0.6 is 0 Å². The number of aromatic nitrogens is 4. The summed E-state index contributed by atoms with van der Waals surface area (Å²) in [5, 5.41) is 0. The van der Waals surface area contributed by atoms with E-state index in [1.807, 2.05) is 14.1 Å². The van der Waals surface area contributed by atoms with Crippen molar-refractivity contribution in [1.29, 1.82) is 0 Å². The van der Waals surface area contributed by atoms with Gasteiger partial charge in [-0.25, -0.2) is 9.78 Å². The summed E-state index contributed by atoms with van der Waals surface area (Å²) < 4.78 is 4.23. The average molecular weight is 237 g/mol. The lowest BCUT2D eigenvalue weighted by atomic mass is 10.5. The first kappa shape index (κ1) is 11.4. The normalized spacial score (nSPS) is 11.1. The number of nitrogens with zero attached hydrogens (tertiary/aromatic N) is 5. The van der Waals surface area contributed by atoms with Crippen molar-refractivity contribution in [2.75, 3.05) is 19.0 Å². The fourth-order valence-corrected chi connectivity index (χ4v) is 1.97. The largest absolute Gasteiger partial charge is 0.348 e. The van der Waals surface area contributed by atoms with Crippen molar-refractivity contribution in [2.45, 2.75) is 0 Å². The summed E-state index contributed by atoms with van der Waals surface area (Å²) in [5.74, 6) is 0.637. The molecule has 0 aliphatic carbocycles. The molecule has 7 heteroatoms. The van der Waals surface area contributed by atoms with Gasteiger partial charge in [-0.2, -0.15) is 0 Å². The summed E-state index contributed by atoms with van der Waals surface area (Å²) in [6.45, 7) is 0. The second-order valence-corrected chi connectivity index (χ2v) is 4.24. The summed E-state index contributed by atoms with van der Waals surface area (Å²) >= 11 is 0. The highest BCUT2D eigenvalue weighted by Crippen LogP contribution is 2.14. The molecule has 2 aromatic rings. The van der Waals surface area contributed by atoms with E-state index in [0.29, 0.717) is 17.1 Å². The van der Waals surface area contributed by atoms with E-state index < -0.39 is 0 Å². The van der Waals surface area contributed by atoms with Crippen LogP contribution in [0, 0.1) is 0 Å². The van der Waals surface area contributed by atoms with Crippen molar-refractivity contribution < 1.29 is 0 Å². The molecular weight excluding hydrogens is 222 g/mol. The maximum Gasteiger partial charge on any atom is 0.332 e. The van der Waals surface area contributed by atoms with E-state index in [-0.39, 0.29) is 11.2 Å². The Kier molecular flexibility index (Phi) is 2.34. The standard InChI is InChI=1S/C10H15N5O2/c1-12(2)9-11-6-7(13(9)3)14(4)10(17)15(5)8(6)16/h1-5H3. The van der Waals surface area contributed by atoms with Crippen molar-refractivity contribution in [1.82, 2.24) is 18.7 Å². The fourth-order valence-electron chi connectivity index (χ4n) is 1.97. The first-order valence-corrected chi connectivity index (χ1v) is 5.16. The molecule has 0 fully saturated rings. The van der Waals surface area contributed by atoms with Gasteiger partial charge in [0, 0.05) is 35.2 Å². The number of hydrogen-bond acceptors (Lipinski definition) is 4. The number of rotatable bonds is 1. The summed E-state index contributed by atoms with van der Waals surface area (Å²) in [7, 11) is 8.54. The highest BCUT2D eigenvalue weighted by atomic mass is 16.2. The zero-order valence-electron chi connectivity index (χ0n) is 10.6. The molecule has 17 heavy (non-hydrogen) atoms. The van der Waals surface area contributed by atoms with Gasteiger partial charge in [0.2, 0.25) is 5.95 Å². The average Bonchev–Trinajstić information content (AvgIpc) is 2.62. The molecule has 0 atom stereocenters. The second kappa shape index (κ2) is 3.47. The first-order valence-electron chi connectivity index (χ1n) is 5.16. The Hall–Kier alpha value is -2.05. The SMILES string of the molecule is CN(C)c1nc2c(=O)n(C)c(=O)n(C)c2n1C. The molecule has 2 heterocycles. The lowest BCUT2D eigenvalue weighted by Crippen LogP contribution is -2.37. The third kappa shape index (κ3) is 1.38. The molecule has 0 saturated carbocycles. The van der Waals surface area contributed by atoms with Gasteiger partial charge >= 0.3 is 5.69 Å². The van der Waals surface area contributed by atoms with Gasteiger partial charge in [-0.3, -0.25) is 18.5 Å². The molecule has 0 saturated heterocycles. The predicted octanol–water partition coefficient (Wildman–Crippen LogP) is -0.963. The molecule has 0 aromatic carbocycles. The lowest BCUT2D eigenvalue weighted by molar-refractivity contribution is 0.697. The summed E-state index contributed by atoms with van der Waals surface area (Å²) in [6, 6.07) is 0. The number of fused-ring (bicyclic) bond motifs is 1. The molecule has 0 amide bonds. The molecule has 0 aliphatic rings. The van der Waals surface area contributed by atoms with Gasteiger partial charge in [0.25, 0.3) is 5.56 Å². The van der Waals surface area contributed by atoms with Crippen LogP contribution < -0.4 is 16.1 Å². The molecule has 0 radical (unpaired) electrons. The Morgan fingerprint density at radius 2 is 1.59 bits per heavy atom. The topological polar surface area (TPSA) is 65.1 Å². The van der Waals surface area contributed by atoms with E-state index in [4.69, 9.17) is 0 Å². The highest BCUT2D eigenvalue weighted by molar-refractivity contribution is 5.74. The molecule has 7 nitrogen and oxygen atoms in total. The Bertz CT molecular complexity index is 704. The Morgan fingerprint density at radius 1 is 1.00 bits per heavy atom. The van der Waals surface area contributed by atoms with Crippen LogP contribution in [-0.2, 0) is 21.1 Å². The molecule has 2 rings (SSSR count). The quantitative estimate of drug-likeness (QED) is 0.640. The van der Waals surface area contributed by atoms with Gasteiger partial charge in [0.15, 0.2) is 11.2 Å². The van der Waals surface area contributed by atoms with E-state index in [0.717, 1.165) is 4.57 Å². The molecule has 0 spiro atoms. The summed E-state index contributed by atoms with van der Waals surface area (Å²) in [6.07, 6.45) is 0. The van der Waals surface area contributed by atoms with E-state index in [1.54, 1.807) is 23.6 Å². The summed E-state index contributed by atoms with van der Waals surface area (Å²) in [5.41, 5.74) is 0.116. The van der Waals surface area contributed by atoms with Crippen LogP contribution in [0.3, 0.4) is 0 Å². The predicted molar refractivity (Wildman–Crippen MR) is 65.5 cm³/mol. The second-order valence-electron chi connectivity index (χ2n) is 4.24. The van der Waals surface area contributed by atoms with Gasteiger partial charge in [0.1, 0.15) is 0 Å². The first-order chi connectivity index (χ1) is 7.86. The van der Waals surface area contributed by atoms with Crippen LogP contribution in [0.25, 0.3) is 11.2 Å². The van der Waals surface area contributed by atoms with Crippen LogP contribution in [0.4, 0.5) is 5.95 Å². The number of aryl methyl sites for hydroxylation is 2. The van der Waals surface area contributed by atoms with Gasteiger partial charge in [-0.1, -0.05) is 0 Å². The summed E-state index contributed by atoms with van der Waals surface area (Å²) in [4.78, 5) is 29.8. The Labute approximate surface area is 97.5 Å². The molecule has 0 bridgehead atoms. The Morgan fingerprint density at radius 3 is 2.12 bits per heavy atom. The van der Waals surface area contributed by atoms with Crippen LogP contribution in [0.5, 0.6) is 0 Å². The van der Waals surface area contributed by atoms with Crippen molar-refractivity contribution in [2.24, 2.45) is 21.1 Å². The maximum absolute atomic E-state index is 11.9. The number of imidazole rings is 1. The Balaban J connectivity index is 3.08. The van der Waals surface area contributed by atoms with Crippen molar-refractivity contribution in [3.05, 3.63) is 20.8 Å². The fraction of sp³-hybridized carbons (Fsp3) is 0.500. The minimum absolute atomic E-state index is 0.306. The molecule has 92 valence electrons. The van der Waals surface area contributed by atoms with Crippen molar-refractivity contribution in [3.8, 4) is 0 Å². The monoisotopic (exact) mass is 237 g/mol. The van der Waals surface area contributed by atoms with Crippen LogP contribution in [0.15, 0.2) is 9.59 Å². The van der Waals surface area contributed by atoms with Crippen molar-refractivity contribution >= 4 is 17.1 Å². The van der Waals surface area contributed by atoms with E-state index in [1.165, 1.54) is 11.6 Å². The zero-order chi connectivity index (χ0) is 12.9. The van der Waals surface area contributed by atoms with Crippen LogP contribution in [0.2, 0.25) is 0 Å². The molecule has 2 aromatic heterocycles. The molecular formula is C10H15N5O2. The smallest absolute Gasteiger partial charge is 0.332 e. The van der Waals surface area contributed by atoms with Gasteiger partial charge in [-0.05, 0) is 0 Å². The minimum Gasteiger partial charge on any atom is -0.348 e. The highest BCUT2D eigenvalue weighted by Gasteiger charge is 2.17. The third-order valence-corrected chi connectivity index (χ3v) is 2.84. The zero-order valence-corrected chi connectivity index (χ0v) is 10.6. The van der Waals surface area contributed by atoms with E-state index in [9.17, 15) is 9.59 Å². The van der Waals surface area contributed by atoms with Crippen LogP contribution in [-0.4, -0.2) is 32.8 Å². The van der Waals surface area contributed by atoms with Gasteiger partial charge < -0.3 is 4.90 Å². The van der Waals surface area contributed by atoms with Crippen molar-refractivity contribution in [3.63, 3.8) is 0 Å². The minimum atomic E-state index is -0.369. The maximum atomic E-state index is 11.9. The number of hydrogen-bond donors (Lipinski definition) is 0. The van der Waals surface area contributed by atoms with Gasteiger partial charge in [-0.15, -0.1) is 0 Å². The van der Waals surface area contributed by atoms with E-state index >= 15 is 0 Å². The number of anilines is 1. The van der Waals surface area contributed by atoms with E-state index in [2.05, 4.69) is 4.98 Å². The molecule has 0 N–H and O–H groups in total. The van der Waals surface area contributed by atoms with Crippen LogP contribution in [0.1, 0.15) is 0 Å². The lowest BCUT2D eigenvalue weighted by Gasteiger charge is -2.11.